The monoisotopic (exact) mass is 286 g/mol. The van der Waals surface area contributed by atoms with Crippen LogP contribution in [0.15, 0.2) is 42.7 Å². The van der Waals surface area contributed by atoms with Gasteiger partial charge in [0.05, 0.1) is 0 Å². The summed E-state index contributed by atoms with van der Waals surface area (Å²) >= 11 is 5.98. The maximum absolute atomic E-state index is 5.98. The zero-order valence-corrected chi connectivity index (χ0v) is 12.4. The van der Waals surface area contributed by atoms with E-state index in [1.807, 2.05) is 24.5 Å². The van der Waals surface area contributed by atoms with Crippen molar-refractivity contribution in [1.29, 1.82) is 0 Å². The second-order valence-corrected chi connectivity index (χ2v) is 5.99. The van der Waals surface area contributed by atoms with Crippen molar-refractivity contribution in [3.8, 4) is 0 Å². The van der Waals surface area contributed by atoms with E-state index in [1.54, 1.807) is 0 Å². The van der Waals surface area contributed by atoms with Crippen molar-refractivity contribution >= 4 is 11.6 Å². The van der Waals surface area contributed by atoms with E-state index in [0.717, 1.165) is 17.5 Å². The van der Waals surface area contributed by atoms with Crippen molar-refractivity contribution in [2.45, 2.75) is 32.4 Å². The van der Waals surface area contributed by atoms with Crippen LogP contribution in [0.1, 0.15) is 35.6 Å². The first-order valence-electron chi connectivity index (χ1n) is 7.12. The Morgan fingerprint density at radius 1 is 1.25 bits per heavy atom. The summed E-state index contributed by atoms with van der Waals surface area (Å²) in [5.74, 6) is 0.758. The molecule has 1 aromatic heterocycles. The number of benzene rings is 1. The quantitative estimate of drug-likeness (QED) is 0.887. The highest BCUT2D eigenvalue weighted by molar-refractivity contribution is 6.30. The zero-order chi connectivity index (χ0) is 13.9. The number of aryl methyl sites for hydroxylation is 1. The minimum atomic E-state index is 0.423. The molecule has 1 fully saturated rings. The predicted octanol–water partition coefficient (Wildman–Crippen LogP) is 4.28. The fourth-order valence-corrected chi connectivity index (χ4v) is 2.68. The summed E-state index contributed by atoms with van der Waals surface area (Å²) in [6.45, 7) is 3.00. The highest BCUT2D eigenvalue weighted by Gasteiger charge is 2.31. The lowest BCUT2D eigenvalue weighted by Gasteiger charge is -2.19. The van der Waals surface area contributed by atoms with Gasteiger partial charge >= 0.3 is 0 Å². The van der Waals surface area contributed by atoms with Gasteiger partial charge in [0.1, 0.15) is 0 Å². The van der Waals surface area contributed by atoms with Crippen molar-refractivity contribution in [2.75, 3.05) is 0 Å². The minimum absolute atomic E-state index is 0.423. The molecule has 1 atom stereocenters. The maximum atomic E-state index is 5.98. The van der Waals surface area contributed by atoms with Crippen LogP contribution in [0.3, 0.4) is 0 Å². The van der Waals surface area contributed by atoms with Crippen molar-refractivity contribution in [2.24, 2.45) is 5.92 Å². The third-order valence-corrected chi connectivity index (χ3v) is 4.23. The SMILES string of the molecule is Cc1ccncc1CNC(c1ccc(Cl)cc1)C1CC1. The number of hydrogen-bond acceptors (Lipinski definition) is 2. The van der Waals surface area contributed by atoms with Crippen LogP contribution in [0, 0.1) is 12.8 Å². The molecule has 1 aromatic carbocycles. The van der Waals surface area contributed by atoms with E-state index in [4.69, 9.17) is 11.6 Å². The lowest BCUT2D eigenvalue weighted by Crippen LogP contribution is -2.23. The Hall–Kier alpha value is -1.38. The molecular formula is C17H19ClN2. The van der Waals surface area contributed by atoms with Crippen LogP contribution in [0.5, 0.6) is 0 Å². The van der Waals surface area contributed by atoms with Crippen LogP contribution in [-0.2, 0) is 6.54 Å². The molecule has 0 saturated heterocycles. The van der Waals surface area contributed by atoms with Gasteiger partial charge in [-0.1, -0.05) is 23.7 Å². The van der Waals surface area contributed by atoms with Gasteiger partial charge in [0, 0.05) is 30.0 Å². The van der Waals surface area contributed by atoms with Crippen molar-refractivity contribution in [1.82, 2.24) is 10.3 Å². The molecule has 1 aliphatic carbocycles. The summed E-state index contributed by atoms with van der Waals surface area (Å²) in [7, 11) is 0. The molecule has 1 aliphatic rings. The van der Waals surface area contributed by atoms with Crippen LogP contribution in [0.25, 0.3) is 0 Å². The number of rotatable bonds is 5. The molecule has 0 spiro atoms. The normalized spacial score (nSPS) is 16.1. The number of hydrogen-bond donors (Lipinski definition) is 1. The molecule has 104 valence electrons. The Balaban J connectivity index is 1.72. The molecule has 1 unspecified atom stereocenters. The zero-order valence-electron chi connectivity index (χ0n) is 11.6. The highest BCUT2D eigenvalue weighted by Crippen LogP contribution is 2.41. The van der Waals surface area contributed by atoms with E-state index in [2.05, 4.69) is 35.4 Å². The first-order chi connectivity index (χ1) is 9.74. The van der Waals surface area contributed by atoms with Gasteiger partial charge in [-0.2, -0.15) is 0 Å². The summed E-state index contributed by atoms with van der Waals surface area (Å²) in [5.41, 5.74) is 3.89. The third-order valence-electron chi connectivity index (χ3n) is 3.98. The molecule has 3 rings (SSSR count). The standard InChI is InChI=1S/C17H19ClN2/c1-12-8-9-19-10-15(12)11-20-17(13-2-3-13)14-4-6-16(18)7-5-14/h4-10,13,17,20H,2-3,11H2,1H3. The molecule has 0 aliphatic heterocycles. The second kappa shape index (κ2) is 5.94. The smallest absolute Gasteiger partial charge is 0.0406 e. The topological polar surface area (TPSA) is 24.9 Å². The molecule has 3 heteroatoms. The van der Waals surface area contributed by atoms with Crippen LogP contribution in [0.4, 0.5) is 0 Å². The molecule has 2 aromatic rings. The molecule has 20 heavy (non-hydrogen) atoms. The molecular weight excluding hydrogens is 268 g/mol. The third kappa shape index (κ3) is 3.20. The maximum Gasteiger partial charge on any atom is 0.0406 e. The van der Waals surface area contributed by atoms with Gasteiger partial charge < -0.3 is 5.32 Å². The van der Waals surface area contributed by atoms with Gasteiger partial charge in [-0.05, 0) is 60.6 Å². The Morgan fingerprint density at radius 2 is 2.00 bits per heavy atom. The number of nitrogens with one attached hydrogen (secondary N) is 1. The molecule has 0 radical (unpaired) electrons. The van der Waals surface area contributed by atoms with Crippen molar-refractivity contribution in [3.63, 3.8) is 0 Å². The average molecular weight is 287 g/mol. The van der Waals surface area contributed by atoms with E-state index < -0.39 is 0 Å². The number of halogens is 1. The average Bonchev–Trinajstić information content (AvgIpc) is 3.27. The van der Waals surface area contributed by atoms with Crippen LogP contribution >= 0.6 is 11.6 Å². The molecule has 0 amide bonds. The molecule has 1 saturated carbocycles. The Bertz CT molecular complexity index is 576. The fourth-order valence-electron chi connectivity index (χ4n) is 2.56. The first-order valence-corrected chi connectivity index (χ1v) is 7.50. The van der Waals surface area contributed by atoms with Gasteiger partial charge in [-0.3, -0.25) is 4.98 Å². The summed E-state index contributed by atoms with van der Waals surface area (Å²) in [6.07, 6.45) is 6.42. The van der Waals surface area contributed by atoms with E-state index in [0.29, 0.717) is 6.04 Å². The Labute approximate surface area is 125 Å². The molecule has 1 N–H and O–H groups in total. The highest BCUT2D eigenvalue weighted by atomic mass is 35.5. The fraction of sp³-hybridized carbons (Fsp3) is 0.353. The van der Waals surface area contributed by atoms with Gasteiger partial charge in [0.2, 0.25) is 0 Å². The Morgan fingerprint density at radius 3 is 2.65 bits per heavy atom. The van der Waals surface area contributed by atoms with Crippen LogP contribution in [0.2, 0.25) is 5.02 Å². The van der Waals surface area contributed by atoms with Gasteiger partial charge in [0.25, 0.3) is 0 Å². The molecule has 2 nitrogen and oxygen atoms in total. The van der Waals surface area contributed by atoms with E-state index in [1.165, 1.54) is 29.5 Å². The number of pyridine rings is 1. The summed E-state index contributed by atoms with van der Waals surface area (Å²) in [4.78, 5) is 4.21. The van der Waals surface area contributed by atoms with Gasteiger partial charge in [-0.15, -0.1) is 0 Å². The second-order valence-electron chi connectivity index (χ2n) is 5.55. The number of aromatic nitrogens is 1. The van der Waals surface area contributed by atoms with E-state index in [9.17, 15) is 0 Å². The summed E-state index contributed by atoms with van der Waals surface area (Å²) in [5, 5.41) is 4.49. The first kappa shape index (κ1) is 13.6. The molecule has 0 bridgehead atoms. The van der Waals surface area contributed by atoms with E-state index in [-0.39, 0.29) is 0 Å². The van der Waals surface area contributed by atoms with Gasteiger partial charge in [0.15, 0.2) is 0 Å². The molecule has 1 heterocycles. The lowest BCUT2D eigenvalue weighted by atomic mass is 10.0. The lowest BCUT2D eigenvalue weighted by molar-refractivity contribution is 0.479. The van der Waals surface area contributed by atoms with Crippen LogP contribution in [-0.4, -0.2) is 4.98 Å². The minimum Gasteiger partial charge on any atom is -0.306 e. The van der Waals surface area contributed by atoms with Crippen LogP contribution < -0.4 is 5.32 Å². The Kier molecular flexibility index (Phi) is 4.04. The predicted molar refractivity (Wildman–Crippen MR) is 82.7 cm³/mol. The van der Waals surface area contributed by atoms with Crippen molar-refractivity contribution in [3.05, 3.63) is 64.4 Å². The summed E-state index contributed by atoms with van der Waals surface area (Å²) < 4.78 is 0. The van der Waals surface area contributed by atoms with Gasteiger partial charge in [-0.25, -0.2) is 0 Å². The summed E-state index contributed by atoms with van der Waals surface area (Å²) in [6, 6.07) is 10.7. The largest absolute Gasteiger partial charge is 0.306 e. The van der Waals surface area contributed by atoms with E-state index >= 15 is 0 Å². The van der Waals surface area contributed by atoms with Crippen molar-refractivity contribution < 1.29 is 0 Å². The number of nitrogens with zero attached hydrogens (tertiary/aromatic N) is 1.